The number of amides is 1. The molecule has 154 valence electrons. The maximum absolute atomic E-state index is 13.2. The molecule has 5 nitrogen and oxygen atoms in total. The van der Waals surface area contributed by atoms with Crippen LogP contribution in [0.2, 0.25) is 0 Å². The van der Waals surface area contributed by atoms with E-state index in [2.05, 4.69) is 13.8 Å². The lowest BCUT2D eigenvalue weighted by Crippen LogP contribution is -3.12. The Morgan fingerprint density at radius 1 is 1.10 bits per heavy atom. The molecule has 0 atom stereocenters. The first kappa shape index (κ1) is 21.3. The van der Waals surface area contributed by atoms with E-state index in [0.29, 0.717) is 19.6 Å². The molecule has 0 aliphatic carbocycles. The fourth-order valence-corrected chi connectivity index (χ4v) is 4.37. The van der Waals surface area contributed by atoms with Gasteiger partial charge in [-0.1, -0.05) is 41.7 Å². The molecular formula is C23H30N3O2S+. The summed E-state index contributed by atoms with van der Waals surface area (Å²) in [6.45, 7) is 10.6. The number of hydrogen-bond donors (Lipinski definition) is 1. The lowest BCUT2D eigenvalue weighted by molar-refractivity contribution is -0.894. The standard InChI is InChI=1S/C23H29N3O2S/c1-4-25(5-2)14-15-26(22(27)16-18-10-8-7-9-11-18)23-24-20-13-12-19(28-6-3)17-21(20)29-23/h7-13,17H,4-6,14-16H2,1-3H3/p+1. The van der Waals surface area contributed by atoms with E-state index in [0.717, 1.165) is 46.3 Å². The highest BCUT2D eigenvalue weighted by molar-refractivity contribution is 7.22. The number of benzene rings is 2. The monoisotopic (exact) mass is 412 g/mol. The molecule has 1 aromatic heterocycles. The molecule has 0 saturated heterocycles. The van der Waals surface area contributed by atoms with Crippen LogP contribution in [-0.4, -0.2) is 43.7 Å². The van der Waals surface area contributed by atoms with Gasteiger partial charge < -0.3 is 9.64 Å². The van der Waals surface area contributed by atoms with Crippen LogP contribution in [0.15, 0.2) is 48.5 Å². The second-order valence-corrected chi connectivity index (χ2v) is 7.98. The van der Waals surface area contributed by atoms with Crippen LogP contribution >= 0.6 is 11.3 Å². The summed E-state index contributed by atoms with van der Waals surface area (Å²) in [4.78, 5) is 21.3. The third-order valence-corrected chi connectivity index (χ3v) is 6.12. The zero-order chi connectivity index (χ0) is 20.6. The largest absolute Gasteiger partial charge is 0.494 e. The van der Waals surface area contributed by atoms with E-state index < -0.39 is 0 Å². The number of hydrogen-bond acceptors (Lipinski definition) is 4. The molecule has 3 rings (SSSR count). The average molecular weight is 413 g/mol. The topological polar surface area (TPSA) is 46.9 Å². The van der Waals surface area contributed by atoms with Crippen LogP contribution in [0.25, 0.3) is 10.2 Å². The number of quaternary nitrogens is 1. The SMILES string of the molecule is CCOc1ccc2nc(N(CC[NH+](CC)CC)C(=O)Cc3ccccc3)sc2c1. The van der Waals surface area contributed by atoms with Gasteiger partial charge in [-0.3, -0.25) is 9.69 Å². The smallest absolute Gasteiger partial charge is 0.233 e. The molecule has 1 heterocycles. The van der Waals surface area contributed by atoms with Gasteiger partial charge in [-0.05, 0) is 44.5 Å². The van der Waals surface area contributed by atoms with Crippen molar-refractivity contribution in [2.45, 2.75) is 27.2 Å². The van der Waals surface area contributed by atoms with E-state index in [4.69, 9.17) is 9.72 Å². The first-order chi connectivity index (χ1) is 14.1. The fraction of sp³-hybridized carbons (Fsp3) is 0.391. The van der Waals surface area contributed by atoms with Gasteiger partial charge in [0.25, 0.3) is 0 Å². The summed E-state index contributed by atoms with van der Waals surface area (Å²) in [6, 6.07) is 15.8. The lowest BCUT2D eigenvalue weighted by Gasteiger charge is -2.23. The number of aromatic nitrogens is 1. The molecule has 0 unspecified atom stereocenters. The van der Waals surface area contributed by atoms with Crippen LogP contribution in [0, 0.1) is 0 Å². The average Bonchev–Trinajstić information content (AvgIpc) is 3.15. The second kappa shape index (κ2) is 10.4. The van der Waals surface area contributed by atoms with Crippen LogP contribution in [-0.2, 0) is 11.2 Å². The maximum Gasteiger partial charge on any atom is 0.233 e. The van der Waals surface area contributed by atoms with Crippen molar-refractivity contribution in [1.82, 2.24) is 4.98 Å². The molecule has 1 N–H and O–H groups in total. The van der Waals surface area contributed by atoms with E-state index >= 15 is 0 Å². The third kappa shape index (κ3) is 5.55. The molecule has 0 radical (unpaired) electrons. The number of fused-ring (bicyclic) bond motifs is 1. The summed E-state index contributed by atoms with van der Waals surface area (Å²) < 4.78 is 6.65. The van der Waals surface area contributed by atoms with Gasteiger partial charge in [0.1, 0.15) is 5.75 Å². The molecule has 3 aromatic rings. The van der Waals surface area contributed by atoms with Gasteiger partial charge >= 0.3 is 0 Å². The van der Waals surface area contributed by atoms with Crippen molar-refractivity contribution in [3.05, 3.63) is 54.1 Å². The summed E-state index contributed by atoms with van der Waals surface area (Å²) in [6.07, 6.45) is 0.383. The molecule has 1 amide bonds. The molecule has 0 aliphatic rings. The van der Waals surface area contributed by atoms with E-state index in [-0.39, 0.29) is 5.91 Å². The number of ether oxygens (including phenoxy) is 1. The molecule has 2 aromatic carbocycles. The highest BCUT2D eigenvalue weighted by Crippen LogP contribution is 2.31. The van der Waals surface area contributed by atoms with Gasteiger partial charge in [-0.15, -0.1) is 0 Å². The summed E-state index contributed by atoms with van der Waals surface area (Å²) in [5.41, 5.74) is 1.93. The maximum atomic E-state index is 13.2. The van der Waals surface area contributed by atoms with E-state index in [1.165, 1.54) is 4.90 Å². The molecule has 0 aliphatic heterocycles. The Morgan fingerprint density at radius 3 is 2.55 bits per heavy atom. The number of carbonyl (C=O) groups excluding carboxylic acids is 1. The number of likely N-dealkylation sites (N-methyl/N-ethyl adjacent to an activating group) is 1. The van der Waals surface area contributed by atoms with Crippen LogP contribution in [0.5, 0.6) is 5.75 Å². The lowest BCUT2D eigenvalue weighted by atomic mass is 10.1. The number of nitrogens with zero attached hydrogens (tertiary/aromatic N) is 2. The number of carbonyl (C=O) groups is 1. The van der Waals surface area contributed by atoms with E-state index in [9.17, 15) is 4.79 Å². The van der Waals surface area contributed by atoms with Gasteiger partial charge in [0.05, 0.1) is 49.4 Å². The van der Waals surface area contributed by atoms with Gasteiger partial charge in [-0.2, -0.15) is 0 Å². The summed E-state index contributed by atoms with van der Waals surface area (Å²) >= 11 is 1.56. The number of rotatable bonds is 10. The number of anilines is 1. The Labute approximate surface area is 176 Å². The van der Waals surface area contributed by atoms with Crippen molar-refractivity contribution in [2.24, 2.45) is 0 Å². The Morgan fingerprint density at radius 2 is 1.86 bits per heavy atom. The normalized spacial score (nSPS) is 11.2. The molecule has 0 bridgehead atoms. The highest BCUT2D eigenvalue weighted by atomic mass is 32.1. The van der Waals surface area contributed by atoms with E-state index in [1.807, 2.05) is 60.4 Å². The Balaban J connectivity index is 1.86. The van der Waals surface area contributed by atoms with Crippen molar-refractivity contribution in [3.63, 3.8) is 0 Å². The predicted molar refractivity (Wildman–Crippen MR) is 120 cm³/mol. The Bertz CT molecular complexity index is 922. The van der Waals surface area contributed by atoms with E-state index in [1.54, 1.807) is 11.3 Å². The van der Waals surface area contributed by atoms with Crippen molar-refractivity contribution < 1.29 is 14.4 Å². The van der Waals surface area contributed by atoms with Crippen LogP contribution < -0.4 is 14.5 Å². The summed E-state index contributed by atoms with van der Waals surface area (Å²) in [5.74, 6) is 0.928. The molecular weight excluding hydrogens is 382 g/mol. The summed E-state index contributed by atoms with van der Waals surface area (Å²) in [5, 5.41) is 0.765. The van der Waals surface area contributed by atoms with Crippen LogP contribution in [0.1, 0.15) is 26.3 Å². The van der Waals surface area contributed by atoms with Gasteiger partial charge in [-0.25, -0.2) is 4.98 Å². The third-order valence-electron chi connectivity index (χ3n) is 5.08. The fourth-order valence-electron chi connectivity index (χ4n) is 3.33. The first-order valence-corrected chi connectivity index (χ1v) is 11.2. The van der Waals surface area contributed by atoms with Crippen molar-refractivity contribution >= 4 is 32.6 Å². The quantitative estimate of drug-likeness (QED) is 0.556. The molecule has 0 spiro atoms. The minimum atomic E-state index is 0.0897. The van der Waals surface area contributed by atoms with Crippen LogP contribution in [0.4, 0.5) is 5.13 Å². The second-order valence-electron chi connectivity index (χ2n) is 6.97. The molecule has 0 saturated carbocycles. The Hall–Kier alpha value is -2.44. The zero-order valence-electron chi connectivity index (χ0n) is 17.5. The minimum Gasteiger partial charge on any atom is -0.494 e. The van der Waals surface area contributed by atoms with Crippen molar-refractivity contribution in [2.75, 3.05) is 37.7 Å². The van der Waals surface area contributed by atoms with Crippen LogP contribution in [0.3, 0.4) is 0 Å². The van der Waals surface area contributed by atoms with Crippen molar-refractivity contribution in [1.29, 1.82) is 0 Å². The number of thiazole rings is 1. The molecule has 6 heteroatoms. The van der Waals surface area contributed by atoms with Crippen molar-refractivity contribution in [3.8, 4) is 5.75 Å². The first-order valence-electron chi connectivity index (χ1n) is 10.4. The summed E-state index contributed by atoms with van der Waals surface area (Å²) in [7, 11) is 0. The highest BCUT2D eigenvalue weighted by Gasteiger charge is 2.21. The van der Waals surface area contributed by atoms with Gasteiger partial charge in [0, 0.05) is 0 Å². The molecule has 29 heavy (non-hydrogen) atoms. The predicted octanol–water partition coefficient (Wildman–Crippen LogP) is 3.20. The van der Waals surface area contributed by atoms with Gasteiger partial charge in [0.15, 0.2) is 5.13 Å². The Kier molecular flexibility index (Phi) is 7.61. The van der Waals surface area contributed by atoms with Gasteiger partial charge in [0.2, 0.25) is 5.91 Å². The zero-order valence-corrected chi connectivity index (χ0v) is 18.3. The molecule has 0 fully saturated rings. The minimum absolute atomic E-state index is 0.0897. The number of nitrogens with one attached hydrogen (secondary N) is 1.